The summed E-state index contributed by atoms with van der Waals surface area (Å²) in [6.07, 6.45) is 0.749. The van der Waals surface area contributed by atoms with Gasteiger partial charge in [0.15, 0.2) is 5.65 Å². The Bertz CT molecular complexity index is 1700. The lowest BCUT2D eigenvalue weighted by Crippen LogP contribution is -2.47. The highest BCUT2D eigenvalue weighted by molar-refractivity contribution is 6.30. The minimum Gasteiger partial charge on any atom is -0.496 e. The zero-order valence-corrected chi connectivity index (χ0v) is 22.9. The van der Waals surface area contributed by atoms with Gasteiger partial charge in [-0.25, -0.2) is 4.98 Å². The van der Waals surface area contributed by atoms with Gasteiger partial charge in [-0.3, -0.25) is 9.30 Å². The van der Waals surface area contributed by atoms with E-state index in [4.69, 9.17) is 21.3 Å². The van der Waals surface area contributed by atoms with Crippen molar-refractivity contribution < 1.29 is 4.74 Å². The van der Waals surface area contributed by atoms with E-state index >= 15 is 0 Å². The molecule has 1 saturated heterocycles. The molecule has 1 fully saturated rings. The fourth-order valence-electron chi connectivity index (χ4n) is 5.74. The molecule has 39 heavy (non-hydrogen) atoms. The van der Waals surface area contributed by atoms with Crippen LogP contribution >= 0.6 is 11.6 Å². The molecule has 6 rings (SSSR count). The van der Waals surface area contributed by atoms with Gasteiger partial charge in [-0.15, -0.1) is 0 Å². The third kappa shape index (κ3) is 4.69. The van der Waals surface area contributed by atoms with E-state index in [2.05, 4.69) is 57.5 Å². The molecule has 6 nitrogen and oxygen atoms in total. The molecule has 0 N–H and O–H groups in total. The number of nitrogens with zero attached hydrogens (tertiary/aromatic N) is 5. The fourth-order valence-corrected chi connectivity index (χ4v) is 5.93. The number of aromatic nitrogens is 2. The molecule has 196 valence electrons. The Morgan fingerprint density at radius 3 is 2.46 bits per heavy atom. The molecule has 0 atom stereocenters. The topological polar surface area (TPSA) is 56.8 Å². The van der Waals surface area contributed by atoms with E-state index in [0.717, 1.165) is 83.5 Å². The van der Waals surface area contributed by atoms with Gasteiger partial charge in [-0.2, -0.15) is 5.26 Å². The maximum atomic E-state index is 10.2. The van der Waals surface area contributed by atoms with Crippen molar-refractivity contribution in [2.75, 3.05) is 38.2 Å². The summed E-state index contributed by atoms with van der Waals surface area (Å²) >= 11 is 6.30. The number of hydrogen-bond acceptors (Lipinski definition) is 5. The Morgan fingerprint density at radius 1 is 0.974 bits per heavy atom. The van der Waals surface area contributed by atoms with Crippen LogP contribution in [-0.4, -0.2) is 47.6 Å². The van der Waals surface area contributed by atoms with Crippen molar-refractivity contribution in [2.24, 2.45) is 0 Å². The number of pyridine rings is 1. The van der Waals surface area contributed by atoms with E-state index in [1.807, 2.05) is 42.5 Å². The summed E-state index contributed by atoms with van der Waals surface area (Å²) in [5.74, 6) is 2.00. The first-order valence-corrected chi connectivity index (χ1v) is 13.6. The smallest absolute Gasteiger partial charge is 0.157 e. The lowest BCUT2D eigenvalue weighted by atomic mass is 9.97. The van der Waals surface area contributed by atoms with Crippen LogP contribution in [0.5, 0.6) is 5.75 Å². The molecule has 3 aromatic carbocycles. The molecule has 0 radical (unpaired) electrons. The van der Waals surface area contributed by atoms with E-state index in [1.54, 1.807) is 7.11 Å². The summed E-state index contributed by atoms with van der Waals surface area (Å²) in [7, 11) is 1.70. The van der Waals surface area contributed by atoms with Crippen molar-refractivity contribution >= 4 is 34.1 Å². The van der Waals surface area contributed by atoms with Crippen LogP contribution in [0.25, 0.3) is 16.7 Å². The lowest BCUT2D eigenvalue weighted by molar-refractivity contribution is 0.245. The van der Waals surface area contributed by atoms with E-state index in [-0.39, 0.29) is 0 Å². The second-order valence-corrected chi connectivity index (χ2v) is 10.5. The predicted octanol–water partition coefficient (Wildman–Crippen LogP) is 6.24. The quantitative estimate of drug-likeness (QED) is 0.257. The van der Waals surface area contributed by atoms with Crippen LogP contribution < -0.4 is 9.64 Å². The second kappa shape index (κ2) is 10.6. The minimum absolute atomic E-state index is 0.646. The van der Waals surface area contributed by atoms with Crippen LogP contribution in [0.3, 0.4) is 0 Å². The molecular formula is C32H30ClN5O. The number of para-hydroxylation sites is 2. The summed E-state index contributed by atoms with van der Waals surface area (Å²) in [5, 5.41) is 10.9. The van der Waals surface area contributed by atoms with Crippen LogP contribution in [0, 0.1) is 18.3 Å². The first-order valence-electron chi connectivity index (χ1n) is 13.2. The van der Waals surface area contributed by atoms with Gasteiger partial charge in [0.1, 0.15) is 17.6 Å². The molecule has 5 aromatic rings. The molecule has 0 aliphatic carbocycles. The van der Waals surface area contributed by atoms with Crippen molar-refractivity contribution in [2.45, 2.75) is 19.9 Å². The molecule has 3 heterocycles. The van der Waals surface area contributed by atoms with Gasteiger partial charge in [0.25, 0.3) is 0 Å². The first-order chi connectivity index (χ1) is 19.1. The fraction of sp³-hybridized carbons (Fsp3) is 0.250. The van der Waals surface area contributed by atoms with Crippen LogP contribution in [0.1, 0.15) is 27.8 Å². The highest BCUT2D eigenvalue weighted by Gasteiger charge is 2.27. The third-order valence-corrected chi connectivity index (χ3v) is 7.97. The van der Waals surface area contributed by atoms with Gasteiger partial charge in [0, 0.05) is 55.3 Å². The molecule has 7 heteroatoms. The predicted molar refractivity (Wildman–Crippen MR) is 157 cm³/mol. The first kappa shape index (κ1) is 25.2. The van der Waals surface area contributed by atoms with Crippen molar-refractivity contribution in [1.82, 2.24) is 14.3 Å². The van der Waals surface area contributed by atoms with Gasteiger partial charge >= 0.3 is 0 Å². The molecule has 0 saturated carbocycles. The number of halogens is 1. The van der Waals surface area contributed by atoms with E-state index in [9.17, 15) is 5.26 Å². The van der Waals surface area contributed by atoms with Crippen molar-refractivity contribution in [3.05, 3.63) is 106 Å². The number of benzene rings is 3. The Labute approximate surface area is 233 Å². The van der Waals surface area contributed by atoms with Gasteiger partial charge in [-0.05, 0) is 48.4 Å². The summed E-state index contributed by atoms with van der Waals surface area (Å²) < 4.78 is 7.80. The molecule has 2 aromatic heterocycles. The Morgan fingerprint density at radius 2 is 1.72 bits per heavy atom. The number of methoxy groups -OCH3 is 1. The highest BCUT2D eigenvalue weighted by atomic mass is 35.5. The zero-order chi connectivity index (χ0) is 26.9. The summed E-state index contributed by atoms with van der Waals surface area (Å²) in [6.45, 7) is 6.36. The van der Waals surface area contributed by atoms with Crippen LogP contribution in [0.2, 0.25) is 5.02 Å². The minimum atomic E-state index is 0.646. The molecule has 0 bridgehead atoms. The maximum Gasteiger partial charge on any atom is 0.157 e. The lowest BCUT2D eigenvalue weighted by Gasteiger charge is -2.38. The van der Waals surface area contributed by atoms with Crippen LogP contribution in [0.4, 0.5) is 5.82 Å². The standard InChI is InChI=1S/C32H30ClN5O/c1-22-26(18-23-8-4-3-5-9-23)32(38-29-11-7-6-10-28(29)35-31(38)27(22)20-34)37-16-14-36(15-17-37)21-24-19-25(33)12-13-30(24)39-2/h3-13,19H,14-18,21H2,1-2H3. The van der Waals surface area contributed by atoms with E-state index in [0.29, 0.717) is 5.56 Å². The number of nitriles is 1. The SMILES string of the molecule is COc1ccc(Cl)cc1CN1CCN(c2c(Cc3ccccc3)c(C)c(C#N)c3nc4ccccc4n23)CC1. The number of fused-ring (bicyclic) bond motifs is 3. The molecule has 0 amide bonds. The average molecular weight is 536 g/mol. The van der Waals surface area contributed by atoms with Crippen molar-refractivity contribution in [3.8, 4) is 11.8 Å². The average Bonchev–Trinajstić information content (AvgIpc) is 3.34. The zero-order valence-electron chi connectivity index (χ0n) is 22.2. The van der Waals surface area contributed by atoms with E-state index in [1.165, 1.54) is 11.1 Å². The van der Waals surface area contributed by atoms with Crippen molar-refractivity contribution in [1.29, 1.82) is 5.26 Å². The van der Waals surface area contributed by atoms with Crippen molar-refractivity contribution in [3.63, 3.8) is 0 Å². The molecule has 1 aliphatic heterocycles. The highest BCUT2D eigenvalue weighted by Crippen LogP contribution is 2.35. The van der Waals surface area contributed by atoms with Gasteiger partial charge in [0.2, 0.25) is 0 Å². The number of ether oxygens (including phenoxy) is 1. The third-order valence-electron chi connectivity index (χ3n) is 7.74. The maximum absolute atomic E-state index is 10.2. The number of anilines is 1. The molecule has 1 aliphatic rings. The largest absolute Gasteiger partial charge is 0.496 e. The van der Waals surface area contributed by atoms with Gasteiger partial charge in [-0.1, -0.05) is 54.1 Å². The summed E-state index contributed by atoms with van der Waals surface area (Å²) in [6, 6.07) is 26.9. The number of imidazole rings is 1. The number of piperazine rings is 1. The second-order valence-electron chi connectivity index (χ2n) is 10.1. The van der Waals surface area contributed by atoms with Crippen LogP contribution in [0.15, 0.2) is 72.8 Å². The molecule has 0 spiro atoms. The Hall–Kier alpha value is -4.05. The summed E-state index contributed by atoms with van der Waals surface area (Å²) in [5.41, 5.74) is 7.81. The monoisotopic (exact) mass is 535 g/mol. The van der Waals surface area contributed by atoms with Gasteiger partial charge in [0.05, 0.1) is 23.7 Å². The summed E-state index contributed by atoms with van der Waals surface area (Å²) in [4.78, 5) is 9.84. The Kier molecular flexibility index (Phi) is 6.86. The molecular weight excluding hydrogens is 506 g/mol. The molecule has 0 unspecified atom stereocenters. The number of hydrogen-bond donors (Lipinski definition) is 0. The van der Waals surface area contributed by atoms with E-state index < -0.39 is 0 Å². The van der Waals surface area contributed by atoms with Gasteiger partial charge < -0.3 is 9.64 Å². The normalized spacial score (nSPS) is 14.2. The van der Waals surface area contributed by atoms with Crippen LogP contribution in [-0.2, 0) is 13.0 Å². The Balaban J connectivity index is 1.42. The number of rotatable bonds is 6.